The van der Waals surface area contributed by atoms with Gasteiger partial charge in [-0.3, -0.25) is 4.79 Å². The Balaban J connectivity index is 2.21. The number of rotatable bonds is 1. The van der Waals surface area contributed by atoms with Gasteiger partial charge in [0.05, 0.1) is 4.47 Å². The molecule has 2 nitrogen and oxygen atoms in total. The van der Waals surface area contributed by atoms with Crippen LogP contribution in [0.4, 0.5) is 4.39 Å². The third-order valence-corrected chi connectivity index (χ3v) is 3.20. The molecule has 1 aliphatic rings. The highest BCUT2D eigenvalue weighted by molar-refractivity contribution is 9.10. The maximum Gasteiger partial charge on any atom is 0.253 e. The van der Waals surface area contributed by atoms with Crippen LogP contribution in [0.5, 0.6) is 0 Å². The standard InChI is InChI=1S/C11H11BrFNO/c12-9-4-3-8(7-10(9)13)11(15)14-5-1-2-6-14/h3-4,7H,1-2,5-6H2. The van der Waals surface area contributed by atoms with Crippen molar-refractivity contribution in [1.82, 2.24) is 4.90 Å². The molecular weight excluding hydrogens is 261 g/mol. The fraction of sp³-hybridized carbons (Fsp3) is 0.364. The molecule has 80 valence electrons. The van der Waals surface area contributed by atoms with E-state index in [9.17, 15) is 9.18 Å². The van der Waals surface area contributed by atoms with Crippen molar-refractivity contribution >= 4 is 21.8 Å². The Labute approximate surface area is 96.2 Å². The first-order chi connectivity index (χ1) is 7.18. The summed E-state index contributed by atoms with van der Waals surface area (Å²) >= 11 is 3.06. The Hall–Kier alpha value is -0.900. The van der Waals surface area contributed by atoms with Gasteiger partial charge in [0, 0.05) is 18.7 Å². The zero-order chi connectivity index (χ0) is 10.8. The van der Waals surface area contributed by atoms with Gasteiger partial charge in [0.25, 0.3) is 5.91 Å². The Morgan fingerprint density at radius 3 is 2.60 bits per heavy atom. The number of hydrogen-bond acceptors (Lipinski definition) is 1. The number of nitrogens with zero attached hydrogens (tertiary/aromatic N) is 1. The van der Waals surface area contributed by atoms with Gasteiger partial charge in [-0.25, -0.2) is 4.39 Å². The minimum absolute atomic E-state index is 0.0705. The summed E-state index contributed by atoms with van der Waals surface area (Å²) < 4.78 is 13.6. The lowest BCUT2D eigenvalue weighted by Crippen LogP contribution is -2.27. The Bertz CT molecular complexity index is 388. The Morgan fingerprint density at radius 1 is 1.33 bits per heavy atom. The Kier molecular flexibility index (Phi) is 3.05. The van der Waals surface area contributed by atoms with Crippen LogP contribution in [-0.2, 0) is 0 Å². The summed E-state index contributed by atoms with van der Waals surface area (Å²) in [5, 5.41) is 0. The van der Waals surface area contributed by atoms with Gasteiger partial charge in [-0.1, -0.05) is 0 Å². The van der Waals surface area contributed by atoms with E-state index < -0.39 is 0 Å². The van der Waals surface area contributed by atoms with Crippen LogP contribution in [0, 0.1) is 5.82 Å². The first-order valence-electron chi connectivity index (χ1n) is 4.93. The average molecular weight is 272 g/mol. The summed E-state index contributed by atoms with van der Waals surface area (Å²) in [7, 11) is 0. The van der Waals surface area contributed by atoms with E-state index in [1.807, 2.05) is 0 Å². The molecule has 1 saturated heterocycles. The lowest BCUT2D eigenvalue weighted by Gasteiger charge is -2.15. The van der Waals surface area contributed by atoms with E-state index in [0.717, 1.165) is 25.9 Å². The summed E-state index contributed by atoms with van der Waals surface area (Å²) in [6.45, 7) is 1.58. The molecule has 15 heavy (non-hydrogen) atoms. The number of amides is 1. The van der Waals surface area contributed by atoms with Crippen LogP contribution < -0.4 is 0 Å². The van der Waals surface area contributed by atoms with Crippen molar-refractivity contribution in [2.75, 3.05) is 13.1 Å². The first-order valence-corrected chi connectivity index (χ1v) is 5.72. The van der Waals surface area contributed by atoms with Gasteiger partial charge in [-0.05, 0) is 47.0 Å². The van der Waals surface area contributed by atoms with Gasteiger partial charge in [0.15, 0.2) is 0 Å². The molecule has 0 atom stereocenters. The van der Waals surface area contributed by atoms with Crippen LogP contribution >= 0.6 is 15.9 Å². The van der Waals surface area contributed by atoms with E-state index in [0.29, 0.717) is 10.0 Å². The summed E-state index contributed by atoms with van der Waals surface area (Å²) in [6, 6.07) is 4.50. The monoisotopic (exact) mass is 271 g/mol. The lowest BCUT2D eigenvalue weighted by molar-refractivity contribution is 0.0792. The number of carbonyl (C=O) groups excluding carboxylic acids is 1. The van der Waals surface area contributed by atoms with Crippen LogP contribution in [0.2, 0.25) is 0 Å². The fourth-order valence-electron chi connectivity index (χ4n) is 1.73. The number of likely N-dealkylation sites (tertiary alicyclic amines) is 1. The topological polar surface area (TPSA) is 20.3 Å². The maximum atomic E-state index is 13.2. The highest BCUT2D eigenvalue weighted by atomic mass is 79.9. The van der Waals surface area contributed by atoms with Crippen molar-refractivity contribution in [2.24, 2.45) is 0 Å². The number of benzene rings is 1. The molecule has 0 radical (unpaired) electrons. The van der Waals surface area contributed by atoms with Crippen molar-refractivity contribution in [2.45, 2.75) is 12.8 Å². The molecule has 2 rings (SSSR count). The molecule has 0 aliphatic carbocycles. The molecule has 1 aromatic rings. The summed E-state index contributed by atoms with van der Waals surface area (Å²) in [6.07, 6.45) is 2.09. The highest BCUT2D eigenvalue weighted by Crippen LogP contribution is 2.19. The van der Waals surface area contributed by atoms with Crippen LogP contribution in [0.1, 0.15) is 23.2 Å². The number of carbonyl (C=O) groups is 1. The average Bonchev–Trinajstić information content (AvgIpc) is 2.74. The molecule has 4 heteroatoms. The van der Waals surface area contributed by atoms with Crippen LogP contribution in [0.25, 0.3) is 0 Å². The predicted molar refractivity (Wildman–Crippen MR) is 59.2 cm³/mol. The number of halogens is 2. The fourth-order valence-corrected chi connectivity index (χ4v) is 1.98. The largest absolute Gasteiger partial charge is 0.339 e. The van der Waals surface area contributed by atoms with E-state index in [1.54, 1.807) is 17.0 Å². The van der Waals surface area contributed by atoms with E-state index >= 15 is 0 Å². The van der Waals surface area contributed by atoms with Gasteiger partial charge >= 0.3 is 0 Å². The lowest BCUT2D eigenvalue weighted by atomic mass is 10.2. The molecule has 0 spiro atoms. The summed E-state index contributed by atoms with van der Waals surface area (Å²) in [4.78, 5) is 13.6. The summed E-state index contributed by atoms with van der Waals surface area (Å²) in [5.41, 5.74) is 0.428. The normalized spacial score (nSPS) is 15.7. The predicted octanol–water partition coefficient (Wildman–Crippen LogP) is 2.82. The second-order valence-corrected chi connectivity index (χ2v) is 4.48. The van der Waals surface area contributed by atoms with Gasteiger partial charge in [0.2, 0.25) is 0 Å². The molecule has 0 N–H and O–H groups in total. The smallest absolute Gasteiger partial charge is 0.253 e. The van der Waals surface area contributed by atoms with E-state index in [4.69, 9.17) is 0 Å². The van der Waals surface area contributed by atoms with E-state index in [1.165, 1.54) is 6.07 Å². The molecule has 1 fully saturated rings. The molecule has 1 heterocycles. The molecular formula is C11H11BrFNO. The van der Waals surface area contributed by atoms with Crippen molar-refractivity contribution in [1.29, 1.82) is 0 Å². The molecule has 1 aliphatic heterocycles. The molecule has 1 amide bonds. The van der Waals surface area contributed by atoms with Crippen LogP contribution in [-0.4, -0.2) is 23.9 Å². The van der Waals surface area contributed by atoms with E-state index in [-0.39, 0.29) is 11.7 Å². The van der Waals surface area contributed by atoms with Gasteiger partial charge in [0.1, 0.15) is 5.82 Å². The zero-order valence-corrected chi connectivity index (χ0v) is 9.76. The van der Waals surface area contributed by atoms with Crippen LogP contribution in [0.15, 0.2) is 22.7 Å². The van der Waals surface area contributed by atoms with Gasteiger partial charge < -0.3 is 4.90 Å². The van der Waals surface area contributed by atoms with Gasteiger partial charge in [-0.15, -0.1) is 0 Å². The third-order valence-electron chi connectivity index (χ3n) is 2.56. The molecule has 0 aromatic heterocycles. The summed E-state index contributed by atoms with van der Waals surface area (Å²) in [5.74, 6) is -0.459. The first kappa shape index (κ1) is 10.6. The quantitative estimate of drug-likeness (QED) is 0.769. The van der Waals surface area contributed by atoms with Crippen LogP contribution in [0.3, 0.4) is 0 Å². The number of hydrogen-bond donors (Lipinski definition) is 0. The maximum absolute atomic E-state index is 13.2. The van der Waals surface area contributed by atoms with Crippen molar-refractivity contribution in [3.63, 3.8) is 0 Å². The Morgan fingerprint density at radius 2 is 2.00 bits per heavy atom. The van der Waals surface area contributed by atoms with Crippen molar-refractivity contribution in [3.8, 4) is 0 Å². The van der Waals surface area contributed by atoms with E-state index in [2.05, 4.69) is 15.9 Å². The highest BCUT2D eigenvalue weighted by Gasteiger charge is 2.19. The second-order valence-electron chi connectivity index (χ2n) is 3.63. The third kappa shape index (κ3) is 2.20. The minimum Gasteiger partial charge on any atom is -0.339 e. The molecule has 0 unspecified atom stereocenters. The van der Waals surface area contributed by atoms with Crippen molar-refractivity contribution in [3.05, 3.63) is 34.1 Å². The zero-order valence-electron chi connectivity index (χ0n) is 8.17. The van der Waals surface area contributed by atoms with Crippen molar-refractivity contribution < 1.29 is 9.18 Å². The SMILES string of the molecule is O=C(c1ccc(Br)c(F)c1)N1CCCC1. The second kappa shape index (κ2) is 4.31. The minimum atomic E-state index is -0.389. The molecule has 1 aromatic carbocycles. The van der Waals surface area contributed by atoms with Gasteiger partial charge in [-0.2, -0.15) is 0 Å². The molecule has 0 bridgehead atoms. The molecule has 0 saturated carbocycles.